The molecule has 5 nitrogen and oxygen atoms in total. The van der Waals surface area contributed by atoms with Crippen molar-refractivity contribution in [3.8, 4) is 0 Å². The van der Waals surface area contributed by atoms with Crippen LogP contribution < -0.4 is 11.0 Å². The minimum atomic E-state index is -0.660. The number of aromatic nitrogens is 1. The van der Waals surface area contributed by atoms with Crippen LogP contribution in [0.3, 0.4) is 0 Å². The van der Waals surface area contributed by atoms with Gasteiger partial charge in [0.1, 0.15) is 0 Å². The van der Waals surface area contributed by atoms with Crippen LogP contribution in [0.2, 0.25) is 10.0 Å². The fourth-order valence-electron chi connectivity index (χ4n) is 3.85. The van der Waals surface area contributed by atoms with Crippen molar-refractivity contribution in [1.82, 2.24) is 10.0 Å². The van der Waals surface area contributed by atoms with Gasteiger partial charge in [-0.05, 0) is 65.4 Å². The van der Waals surface area contributed by atoms with E-state index in [9.17, 15) is 9.59 Å². The van der Waals surface area contributed by atoms with Crippen LogP contribution in [-0.2, 0) is 6.54 Å². The molecule has 0 spiro atoms. The van der Waals surface area contributed by atoms with Crippen LogP contribution in [0.4, 0.5) is 0 Å². The molecule has 2 N–H and O–H groups in total. The number of rotatable bonds is 6. The normalized spacial score (nSPS) is 11.1. The average molecular weight is 467 g/mol. The monoisotopic (exact) mass is 466 g/mol. The number of aryl methyl sites for hydroxylation is 1. The number of hydroxylamine groups is 1. The second kappa shape index (κ2) is 9.57. The van der Waals surface area contributed by atoms with E-state index in [1.54, 1.807) is 28.4 Å². The Kier molecular flexibility index (Phi) is 6.61. The summed E-state index contributed by atoms with van der Waals surface area (Å²) in [6.07, 6.45) is 2.43. The molecule has 0 radical (unpaired) electrons. The molecule has 1 aromatic heterocycles. The molecule has 0 aliphatic heterocycles. The number of carbonyl (C=O) groups excluding carboxylic acids is 1. The van der Waals surface area contributed by atoms with Gasteiger partial charge < -0.3 is 4.57 Å². The summed E-state index contributed by atoms with van der Waals surface area (Å²) >= 11 is 12.1. The Labute approximate surface area is 194 Å². The standard InChI is InChI=1S/C25H20Cl2N2O3/c26-20-7-3-16(4-8-20)22(17-5-9-21(27)10-6-17)12-14-29-13-11-18-1-2-19(24(30)28-32)15-23(18)25(29)31/h1-11,13,15,22,32H,12,14H2,(H,28,30). The number of halogens is 2. The highest BCUT2D eigenvalue weighted by molar-refractivity contribution is 6.30. The minimum absolute atomic E-state index is 0.0404. The van der Waals surface area contributed by atoms with Crippen molar-refractivity contribution in [2.75, 3.05) is 0 Å². The molecule has 0 fully saturated rings. The molecule has 0 bridgehead atoms. The predicted molar refractivity (Wildman–Crippen MR) is 127 cm³/mol. The quantitative estimate of drug-likeness (QED) is 0.284. The first-order valence-electron chi connectivity index (χ1n) is 10.0. The zero-order valence-electron chi connectivity index (χ0n) is 17.0. The van der Waals surface area contributed by atoms with Gasteiger partial charge in [-0.25, -0.2) is 5.48 Å². The first kappa shape index (κ1) is 22.1. The fraction of sp³-hybridized carbons (Fsp3) is 0.120. The smallest absolute Gasteiger partial charge is 0.274 e. The van der Waals surface area contributed by atoms with E-state index in [1.807, 2.05) is 54.6 Å². The summed E-state index contributed by atoms with van der Waals surface area (Å²) in [6, 6.07) is 22.0. The highest BCUT2D eigenvalue weighted by atomic mass is 35.5. The highest BCUT2D eigenvalue weighted by Crippen LogP contribution is 2.30. The van der Waals surface area contributed by atoms with E-state index in [-0.39, 0.29) is 17.0 Å². The van der Waals surface area contributed by atoms with Gasteiger partial charge in [0.25, 0.3) is 11.5 Å². The SMILES string of the molecule is O=C(NO)c1ccc2ccn(CCC(c3ccc(Cl)cc3)c3ccc(Cl)cc3)c(=O)c2c1. The lowest BCUT2D eigenvalue weighted by atomic mass is 9.88. The molecule has 1 heterocycles. The molecular weight excluding hydrogens is 447 g/mol. The van der Waals surface area contributed by atoms with Gasteiger partial charge in [0.05, 0.1) is 0 Å². The van der Waals surface area contributed by atoms with Crippen LogP contribution in [0, 0.1) is 0 Å². The second-order valence-electron chi connectivity index (χ2n) is 7.50. The van der Waals surface area contributed by atoms with Gasteiger partial charge in [-0.2, -0.15) is 0 Å². The molecule has 0 aliphatic rings. The Morgan fingerprint density at radius 1 is 0.906 bits per heavy atom. The van der Waals surface area contributed by atoms with Crippen molar-refractivity contribution in [1.29, 1.82) is 0 Å². The number of carbonyl (C=O) groups is 1. The topological polar surface area (TPSA) is 71.3 Å². The second-order valence-corrected chi connectivity index (χ2v) is 8.37. The maximum absolute atomic E-state index is 13.1. The maximum Gasteiger partial charge on any atom is 0.274 e. The molecule has 0 unspecified atom stereocenters. The van der Waals surface area contributed by atoms with Crippen molar-refractivity contribution in [2.45, 2.75) is 18.9 Å². The van der Waals surface area contributed by atoms with E-state index in [1.165, 1.54) is 6.07 Å². The van der Waals surface area contributed by atoms with E-state index in [0.717, 1.165) is 16.5 Å². The fourth-order valence-corrected chi connectivity index (χ4v) is 4.10. The van der Waals surface area contributed by atoms with Crippen LogP contribution in [0.1, 0.15) is 33.8 Å². The molecule has 0 aliphatic carbocycles. The van der Waals surface area contributed by atoms with E-state index >= 15 is 0 Å². The van der Waals surface area contributed by atoms with Crippen LogP contribution in [-0.4, -0.2) is 15.7 Å². The van der Waals surface area contributed by atoms with Crippen LogP contribution in [0.25, 0.3) is 10.8 Å². The third-order valence-corrected chi connectivity index (χ3v) is 6.05. The van der Waals surface area contributed by atoms with Crippen molar-refractivity contribution >= 4 is 39.9 Å². The largest absolute Gasteiger partial charge is 0.315 e. The Balaban J connectivity index is 1.67. The zero-order valence-corrected chi connectivity index (χ0v) is 18.5. The van der Waals surface area contributed by atoms with Gasteiger partial charge in [0, 0.05) is 39.7 Å². The van der Waals surface area contributed by atoms with Crippen LogP contribution in [0.15, 0.2) is 83.8 Å². The molecule has 32 heavy (non-hydrogen) atoms. The molecule has 162 valence electrons. The van der Waals surface area contributed by atoms with Gasteiger partial charge in [-0.15, -0.1) is 0 Å². The number of fused-ring (bicyclic) bond motifs is 1. The van der Waals surface area contributed by atoms with Gasteiger partial charge in [-0.3, -0.25) is 14.8 Å². The Morgan fingerprint density at radius 2 is 1.50 bits per heavy atom. The van der Waals surface area contributed by atoms with Crippen molar-refractivity contribution in [3.63, 3.8) is 0 Å². The van der Waals surface area contributed by atoms with Crippen LogP contribution >= 0.6 is 23.2 Å². The summed E-state index contributed by atoms with van der Waals surface area (Å²) in [5.74, 6) is -0.620. The number of nitrogens with zero attached hydrogens (tertiary/aromatic N) is 1. The molecular formula is C25H20Cl2N2O3. The number of pyridine rings is 1. The molecule has 4 rings (SSSR count). The van der Waals surface area contributed by atoms with E-state index in [0.29, 0.717) is 28.4 Å². The molecule has 3 aromatic carbocycles. The first-order chi connectivity index (χ1) is 15.5. The van der Waals surface area contributed by atoms with Crippen molar-refractivity contribution in [2.24, 2.45) is 0 Å². The number of hydrogen-bond acceptors (Lipinski definition) is 3. The van der Waals surface area contributed by atoms with Gasteiger partial charge in [0.15, 0.2) is 0 Å². The summed E-state index contributed by atoms with van der Waals surface area (Å²) < 4.78 is 1.64. The molecule has 0 saturated carbocycles. The Morgan fingerprint density at radius 3 is 2.06 bits per heavy atom. The third-order valence-electron chi connectivity index (χ3n) is 5.55. The van der Waals surface area contributed by atoms with Crippen molar-refractivity contribution in [3.05, 3.63) is 116 Å². The molecule has 4 aromatic rings. The summed E-state index contributed by atoms with van der Waals surface area (Å²) in [7, 11) is 0. The molecule has 0 atom stereocenters. The third kappa shape index (κ3) is 4.70. The lowest BCUT2D eigenvalue weighted by molar-refractivity contribution is 0.0706. The number of amides is 1. The first-order valence-corrected chi connectivity index (χ1v) is 10.8. The number of nitrogens with one attached hydrogen (secondary N) is 1. The van der Waals surface area contributed by atoms with Crippen LogP contribution in [0.5, 0.6) is 0 Å². The van der Waals surface area contributed by atoms with E-state index in [4.69, 9.17) is 28.4 Å². The van der Waals surface area contributed by atoms with Crippen molar-refractivity contribution < 1.29 is 10.0 Å². The number of hydrogen-bond donors (Lipinski definition) is 2. The zero-order chi connectivity index (χ0) is 22.7. The average Bonchev–Trinajstić information content (AvgIpc) is 2.82. The summed E-state index contributed by atoms with van der Waals surface area (Å²) in [5.41, 5.74) is 3.80. The van der Waals surface area contributed by atoms with E-state index in [2.05, 4.69) is 0 Å². The lowest BCUT2D eigenvalue weighted by Gasteiger charge is -2.19. The highest BCUT2D eigenvalue weighted by Gasteiger charge is 2.16. The van der Waals surface area contributed by atoms with Gasteiger partial charge in [0.2, 0.25) is 0 Å². The van der Waals surface area contributed by atoms with Gasteiger partial charge >= 0.3 is 0 Å². The molecule has 7 heteroatoms. The minimum Gasteiger partial charge on any atom is -0.315 e. The summed E-state index contributed by atoms with van der Waals surface area (Å²) in [5, 5.41) is 11.4. The predicted octanol–water partition coefficient (Wildman–Crippen LogP) is 5.65. The van der Waals surface area contributed by atoms with Gasteiger partial charge in [-0.1, -0.05) is 53.5 Å². The molecule has 1 amide bonds. The maximum atomic E-state index is 13.1. The van der Waals surface area contributed by atoms with E-state index < -0.39 is 5.91 Å². The summed E-state index contributed by atoms with van der Waals surface area (Å²) in [6.45, 7) is 0.473. The Hall–Kier alpha value is -3.12. The summed E-state index contributed by atoms with van der Waals surface area (Å²) in [4.78, 5) is 24.8. The number of benzene rings is 3. The molecule has 0 saturated heterocycles. The lowest BCUT2D eigenvalue weighted by Crippen LogP contribution is -2.22. The Bertz CT molecular complexity index is 1270.